The van der Waals surface area contributed by atoms with Crippen molar-refractivity contribution in [1.82, 2.24) is 5.32 Å². The molecule has 0 spiro atoms. The highest BCUT2D eigenvalue weighted by molar-refractivity contribution is 5.36. The topological polar surface area (TPSA) is 21.3 Å². The monoisotopic (exact) mass is 287 g/mol. The van der Waals surface area contributed by atoms with E-state index in [9.17, 15) is 0 Å². The van der Waals surface area contributed by atoms with Gasteiger partial charge in [0.15, 0.2) is 0 Å². The molecule has 0 bridgehead atoms. The summed E-state index contributed by atoms with van der Waals surface area (Å²) >= 11 is 0. The minimum Gasteiger partial charge on any atom is -0.376 e. The molecule has 21 heavy (non-hydrogen) atoms. The standard InChI is InChI=1S/C19H29NO/c1-3-11-20-19-17-7-5-4-6-16(17)14(2)13-18(19)21-12-10-15-8-9-15/h4-7,14-15,18-20H,3,8-13H2,1-2H3. The van der Waals surface area contributed by atoms with Gasteiger partial charge in [0.05, 0.1) is 12.1 Å². The predicted molar refractivity (Wildman–Crippen MR) is 87.6 cm³/mol. The molecule has 0 amide bonds. The molecule has 0 aromatic heterocycles. The van der Waals surface area contributed by atoms with E-state index in [0.717, 1.165) is 25.5 Å². The lowest BCUT2D eigenvalue weighted by atomic mass is 9.79. The summed E-state index contributed by atoms with van der Waals surface area (Å²) in [6, 6.07) is 9.28. The van der Waals surface area contributed by atoms with E-state index in [4.69, 9.17) is 4.74 Å². The Labute approximate surface area is 129 Å². The smallest absolute Gasteiger partial charge is 0.0775 e. The number of hydrogen-bond acceptors (Lipinski definition) is 2. The molecule has 3 atom stereocenters. The van der Waals surface area contributed by atoms with Crippen molar-refractivity contribution in [1.29, 1.82) is 0 Å². The molecule has 1 aromatic carbocycles. The van der Waals surface area contributed by atoms with Crippen molar-refractivity contribution < 1.29 is 4.74 Å². The third-order valence-corrected chi connectivity index (χ3v) is 4.99. The van der Waals surface area contributed by atoms with Gasteiger partial charge in [0.25, 0.3) is 0 Å². The Hall–Kier alpha value is -0.860. The first-order valence-corrected chi connectivity index (χ1v) is 8.73. The first kappa shape index (κ1) is 15.1. The van der Waals surface area contributed by atoms with E-state index < -0.39 is 0 Å². The van der Waals surface area contributed by atoms with E-state index in [0.29, 0.717) is 18.1 Å². The highest BCUT2D eigenvalue weighted by Crippen LogP contribution is 2.39. The second kappa shape index (κ2) is 6.93. The Morgan fingerprint density at radius 3 is 2.67 bits per heavy atom. The van der Waals surface area contributed by atoms with Gasteiger partial charge >= 0.3 is 0 Å². The highest BCUT2D eigenvalue weighted by atomic mass is 16.5. The Morgan fingerprint density at radius 1 is 1.19 bits per heavy atom. The first-order chi connectivity index (χ1) is 10.3. The van der Waals surface area contributed by atoms with Crippen LogP contribution in [0.3, 0.4) is 0 Å². The van der Waals surface area contributed by atoms with E-state index >= 15 is 0 Å². The molecule has 1 N–H and O–H groups in total. The van der Waals surface area contributed by atoms with Crippen LogP contribution in [-0.4, -0.2) is 19.3 Å². The van der Waals surface area contributed by atoms with Crippen LogP contribution in [0.25, 0.3) is 0 Å². The molecular formula is C19H29NO. The van der Waals surface area contributed by atoms with Crippen LogP contribution in [0.15, 0.2) is 24.3 Å². The first-order valence-electron chi connectivity index (χ1n) is 8.73. The molecule has 2 heteroatoms. The molecule has 116 valence electrons. The summed E-state index contributed by atoms with van der Waals surface area (Å²) in [6.07, 6.45) is 6.74. The molecular weight excluding hydrogens is 258 g/mol. The van der Waals surface area contributed by atoms with Crippen LogP contribution in [0, 0.1) is 5.92 Å². The molecule has 0 heterocycles. The Bertz CT molecular complexity index is 455. The van der Waals surface area contributed by atoms with Gasteiger partial charge in [-0.05, 0) is 48.8 Å². The number of benzene rings is 1. The number of ether oxygens (including phenoxy) is 1. The number of rotatable bonds is 7. The fourth-order valence-corrected chi connectivity index (χ4v) is 3.55. The fraction of sp³-hybridized carbons (Fsp3) is 0.684. The average Bonchev–Trinajstić information content (AvgIpc) is 3.31. The lowest BCUT2D eigenvalue weighted by molar-refractivity contribution is 0.00795. The maximum Gasteiger partial charge on any atom is 0.0775 e. The lowest BCUT2D eigenvalue weighted by Gasteiger charge is -2.37. The van der Waals surface area contributed by atoms with Crippen molar-refractivity contribution in [2.24, 2.45) is 5.92 Å². The average molecular weight is 287 g/mol. The van der Waals surface area contributed by atoms with Gasteiger partial charge in [-0.1, -0.05) is 51.0 Å². The zero-order valence-corrected chi connectivity index (χ0v) is 13.5. The maximum atomic E-state index is 6.31. The lowest BCUT2D eigenvalue weighted by Crippen LogP contribution is -2.39. The van der Waals surface area contributed by atoms with Gasteiger partial charge in [-0.3, -0.25) is 0 Å². The summed E-state index contributed by atoms with van der Waals surface area (Å²) < 4.78 is 6.31. The number of hydrogen-bond donors (Lipinski definition) is 1. The summed E-state index contributed by atoms with van der Waals surface area (Å²) in [4.78, 5) is 0. The van der Waals surface area contributed by atoms with Gasteiger partial charge in [-0.2, -0.15) is 0 Å². The van der Waals surface area contributed by atoms with Crippen LogP contribution in [0.2, 0.25) is 0 Å². The summed E-state index contributed by atoms with van der Waals surface area (Å²) in [7, 11) is 0. The van der Waals surface area contributed by atoms with Gasteiger partial charge < -0.3 is 10.1 Å². The normalized spacial score (nSPS) is 28.4. The van der Waals surface area contributed by atoms with Crippen LogP contribution in [0.4, 0.5) is 0 Å². The Kier molecular flexibility index (Phi) is 4.97. The quantitative estimate of drug-likeness (QED) is 0.801. The number of nitrogens with one attached hydrogen (secondary N) is 1. The van der Waals surface area contributed by atoms with E-state index in [1.165, 1.54) is 36.8 Å². The summed E-state index contributed by atoms with van der Waals surface area (Å²) in [5.74, 6) is 1.56. The second-order valence-electron chi connectivity index (χ2n) is 6.84. The zero-order chi connectivity index (χ0) is 14.7. The molecule has 1 saturated carbocycles. The molecule has 0 saturated heterocycles. The van der Waals surface area contributed by atoms with E-state index in [1.807, 2.05) is 0 Å². The third kappa shape index (κ3) is 3.67. The molecule has 0 aliphatic heterocycles. The highest BCUT2D eigenvalue weighted by Gasteiger charge is 2.33. The Balaban J connectivity index is 1.71. The SMILES string of the molecule is CCCNC1c2ccccc2C(C)CC1OCCC1CC1. The van der Waals surface area contributed by atoms with Gasteiger partial charge in [0.1, 0.15) is 0 Å². The summed E-state index contributed by atoms with van der Waals surface area (Å²) in [6.45, 7) is 6.57. The van der Waals surface area contributed by atoms with Crippen molar-refractivity contribution in [3.05, 3.63) is 35.4 Å². The maximum absolute atomic E-state index is 6.31. The van der Waals surface area contributed by atoms with Gasteiger partial charge in [0, 0.05) is 6.61 Å². The molecule has 1 aromatic rings. The second-order valence-corrected chi connectivity index (χ2v) is 6.84. The van der Waals surface area contributed by atoms with Crippen molar-refractivity contribution >= 4 is 0 Å². The molecule has 3 unspecified atom stereocenters. The largest absolute Gasteiger partial charge is 0.376 e. The van der Waals surface area contributed by atoms with Crippen molar-refractivity contribution in [2.75, 3.05) is 13.2 Å². The fourth-order valence-electron chi connectivity index (χ4n) is 3.55. The minimum absolute atomic E-state index is 0.334. The zero-order valence-electron chi connectivity index (χ0n) is 13.5. The van der Waals surface area contributed by atoms with Crippen LogP contribution in [-0.2, 0) is 4.74 Å². The van der Waals surface area contributed by atoms with Gasteiger partial charge in [-0.25, -0.2) is 0 Å². The van der Waals surface area contributed by atoms with Gasteiger partial charge in [0.2, 0.25) is 0 Å². The van der Waals surface area contributed by atoms with Crippen molar-refractivity contribution in [3.8, 4) is 0 Å². The summed E-state index contributed by atoms with van der Waals surface area (Å²) in [5.41, 5.74) is 2.97. The Morgan fingerprint density at radius 2 is 1.95 bits per heavy atom. The molecule has 1 fully saturated rings. The van der Waals surface area contributed by atoms with Crippen LogP contribution in [0.5, 0.6) is 0 Å². The molecule has 2 aliphatic rings. The number of fused-ring (bicyclic) bond motifs is 1. The third-order valence-electron chi connectivity index (χ3n) is 4.99. The molecule has 2 aliphatic carbocycles. The molecule has 2 nitrogen and oxygen atoms in total. The van der Waals surface area contributed by atoms with E-state index in [2.05, 4.69) is 43.4 Å². The van der Waals surface area contributed by atoms with Crippen LogP contribution >= 0.6 is 0 Å². The minimum atomic E-state index is 0.334. The van der Waals surface area contributed by atoms with E-state index in [-0.39, 0.29) is 0 Å². The molecule has 3 rings (SSSR count). The van der Waals surface area contributed by atoms with Gasteiger partial charge in [-0.15, -0.1) is 0 Å². The summed E-state index contributed by atoms with van der Waals surface area (Å²) in [5, 5.41) is 3.73. The van der Waals surface area contributed by atoms with Crippen molar-refractivity contribution in [2.45, 2.75) is 64.0 Å². The molecule has 0 radical (unpaired) electrons. The van der Waals surface area contributed by atoms with Crippen LogP contribution < -0.4 is 5.32 Å². The predicted octanol–water partition coefficient (Wildman–Crippen LogP) is 4.42. The van der Waals surface area contributed by atoms with Crippen LogP contribution in [0.1, 0.15) is 69.0 Å². The van der Waals surface area contributed by atoms with Crippen molar-refractivity contribution in [3.63, 3.8) is 0 Å². The van der Waals surface area contributed by atoms with E-state index in [1.54, 1.807) is 0 Å².